The zero-order chi connectivity index (χ0) is 20.4. The van der Waals surface area contributed by atoms with Crippen molar-refractivity contribution in [3.63, 3.8) is 0 Å². The van der Waals surface area contributed by atoms with Gasteiger partial charge in [-0.1, -0.05) is 12.1 Å². The number of anilines is 1. The highest BCUT2D eigenvalue weighted by Crippen LogP contribution is 2.17. The molecule has 1 aromatic carbocycles. The lowest BCUT2D eigenvalue weighted by Gasteiger charge is -2.36. The van der Waals surface area contributed by atoms with E-state index in [1.54, 1.807) is 21.1 Å². The van der Waals surface area contributed by atoms with Gasteiger partial charge in [0.05, 0.1) is 13.5 Å². The Morgan fingerprint density at radius 1 is 1.00 bits per heavy atom. The topological polar surface area (TPSA) is 76.8 Å². The normalized spacial score (nSPS) is 14.3. The molecule has 2 heterocycles. The van der Waals surface area contributed by atoms with E-state index in [9.17, 15) is 14.4 Å². The number of nitrogens with zero attached hydrogens (tertiary/aromatic N) is 4. The lowest BCUT2D eigenvalue weighted by atomic mass is 10.1. The molecule has 0 bridgehead atoms. The van der Waals surface area contributed by atoms with E-state index in [4.69, 9.17) is 4.74 Å². The molecule has 0 N–H and O–H groups in total. The number of rotatable bonds is 4. The summed E-state index contributed by atoms with van der Waals surface area (Å²) in [6.45, 7) is 3.98. The summed E-state index contributed by atoms with van der Waals surface area (Å²) in [6.07, 6.45) is 0.338. The fraction of sp³-hybridized carbons (Fsp3) is 0.450. The van der Waals surface area contributed by atoms with Crippen LogP contribution in [-0.2, 0) is 25.3 Å². The van der Waals surface area contributed by atoms with Crippen LogP contribution in [0.2, 0.25) is 0 Å². The summed E-state index contributed by atoms with van der Waals surface area (Å²) < 4.78 is 7.75. The van der Waals surface area contributed by atoms with Crippen LogP contribution in [-0.4, -0.2) is 53.2 Å². The van der Waals surface area contributed by atoms with Gasteiger partial charge in [-0.3, -0.25) is 18.7 Å². The smallest absolute Gasteiger partial charge is 0.330 e. The van der Waals surface area contributed by atoms with E-state index >= 15 is 0 Å². The predicted octanol–water partition coefficient (Wildman–Crippen LogP) is 0.292. The lowest BCUT2D eigenvalue weighted by Crippen LogP contribution is -2.52. The number of carbonyl (C=O) groups excluding carboxylic acids is 1. The standard InChI is InChI=1S/C20H26N4O4/c1-14-18(19(26)22(3)20(27)21(14)2)24-11-9-23(10-12-24)17(25)13-15-5-7-16(28-4)8-6-15/h5-8H,9-13H2,1-4H3. The van der Waals surface area contributed by atoms with Crippen molar-refractivity contribution < 1.29 is 9.53 Å². The van der Waals surface area contributed by atoms with Gasteiger partial charge >= 0.3 is 5.69 Å². The van der Waals surface area contributed by atoms with E-state index in [1.165, 1.54) is 11.6 Å². The second-order valence-electron chi connectivity index (χ2n) is 7.03. The van der Waals surface area contributed by atoms with E-state index in [0.29, 0.717) is 44.0 Å². The van der Waals surface area contributed by atoms with Gasteiger partial charge in [0.15, 0.2) is 0 Å². The minimum atomic E-state index is -0.334. The molecule has 0 spiro atoms. The molecule has 1 amide bonds. The number of aromatic nitrogens is 2. The molecule has 2 aromatic rings. The summed E-state index contributed by atoms with van der Waals surface area (Å²) in [5, 5.41) is 0. The van der Waals surface area contributed by atoms with E-state index in [2.05, 4.69) is 0 Å². The fourth-order valence-corrected chi connectivity index (χ4v) is 3.50. The first-order valence-corrected chi connectivity index (χ1v) is 9.25. The SMILES string of the molecule is COc1ccc(CC(=O)N2CCN(c3c(C)n(C)c(=O)n(C)c3=O)CC2)cc1. The molecule has 1 saturated heterocycles. The first-order valence-electron chi connectivity index (χ1n) is 9.25. The molecule has 1 fully saturated rings. The van der Waals surface area contributed by atoms with Crippen LogP contribution in [0.25, 0.3) is 0 Å². The van der Waals surface area contributed by atoms with E-state index in [1.807, 2.05) is 34.1 Å². The van der Waals surface area contributed by atoms with Crippen molar-refractivity contribution >= 4 is 11.6 Å². The van der Waals surface area contributed by atoms with Crippen LogP contribution in [0, 0.1) is 6.92 Å². The summed E-state index contributed by atoms with van der Waals surface area (Å²) >= 11 is 0. The molecule has 28 heavy (non-hydrogen) atoms. The van der Waals surface area contributed by atoms with Gasteiger partial charge in [0.1, 0.15) is 11.4 Å². The van der Waals surface area contributed by atoms with Crippen LogP contribution in [0.4, 0.5) is 5.69 Å². The van der Waals surface area contributed by atoms with Gasteiger partial charge in [-0.2, -0.15) is 0 Å². The molecular weight excluding hydrogens is 360 g/mol. The minimum absolute atomic E-state index is 0.0647. The maximum Gasteiger partial charge on any atom is 0.330 e. The second-order valence-corrected chi connectivity index (χ2v) is 7.03. The van der Waals surface area contributed by atoms with Gasteiger partial charge < -0.3 is 14.5 Å². The zero-order valence-electron chi connectivity index (χ0n) is 16.8. The molecule has 0 atom stereocenters. The van der Waals surface area contributed by atoms with Crippen molar-refractivity contribution in [2.45, 2.75) is 13.3 Å². The van der Waals surface area contributed by atoms with Crippen LogP contribution in [0.3, 0.4) is 0 Å². The quantitative estimate of drug-likeness (QED) is 0.755. The largest absolute Gasteiger partial charge is 0.497 e. The predicted molar refractivity (Wildman–Crippen MR) is 107 cm³/mol. The Kier molecular flexibility index (Phi) is 5.58. The molecule has 150 valence electrons. The van der Waals surface area contributed by atoms with E-state index in [0.717, 1.165) is 15.9 Å². The molecule has 0 radical (unpaired) electrons. The highest BCUT2D eigenvalue weighted by Gasteiger charge is 2.25. The molecule has 8 heteroatoms. The monoisotopic (exact) mass is 386 g/mol. The maximum absolute atomic E-state index is 12.6. The van der Waals surface area contributed by atoms with Crippen molar-refractivity contribution in [1.82, 2.24) is 14.0 Å². The van der Waals surface area contributed by atoms with Crippen LogP contribution in [0.1, 0.15) is 11.3 Å². The third kappa shape index (κ3) is 3.67. The van der Waals surface area contributed by atoms with Gasteiger partial charge in [-0.15, -0.1) is 0 Å². The minimum Gasteiger partial charge on any atom is -0.497 e. The van der Waals surface area contributed by atoms with Crippen LogP contribution >= 0.6 is 0 Å². The molecule has 0 aliphatic carbocycles. The highest BCUT2D eigenvalue weighted by molar-refractivity contribution is 5.79. The number of benzene rings is 1. The number of piperazine rings is 1. The van der Waals surface area contributed by atoms with Crippen LogP contribution in [0.15, 0.2) is 33.9 Å². The third-order valence-corrected chi connectivity index (χ3v) is 5.39. The molecule has 0 unspecified atom stereocenters. The lowest BCUT2D eigenvalue weighted by molar-refractivity contribution is -0.130. The summed E-state index contributed by atoms with van der Waals surface area (Å²) in [5.74, 6) is 0.828. The first kappa shape index (κ1) is 19.7. The third-order valence-electron chi connectivity index (χ3n) is 5.39. The Balaban J connectivity index is 1.68. The number of methoxy groups -OCH3 is 1. The van der Waals surface area contributed by atoms with Crippen molar-refractivity contribution in [2.24, 2.45) is 14.1 Å². The number of ether oxygens (including phenoxy) is 1. The average Bonchev–Trinajstić information content (AvgIpc) is 2.72. The summed E-state index contributed by atoms with van der Waals surface area (Å²) in [4.78, 5) is 41.0. The fourth-order valence-electron chi connectivity index (χ4n) is 3.50. The Hall–Kier alpha value is -3.03. The zero-order valence-corrected chi connectivity index (χ0v) is 16.8. The van der Waals surface area contributed by atoms with Crippen LogP contribution < -0.4 is 20.9 Å². The van der Waals surface area contributed by atoms with Crippen molar-refractivity contribution in [2.75, 3.05) is 38.2 Å². The average molecular weight is 386 g/mol. The number of hydrogen-bond donors (Lipinski definition) is 0. The van der Waals surface area contributed by atoms with Gasteiger partial charge in [0, 0.05) is 46.0 Å². The van der Waals surface area contributed by atoms with E-state index < -0.39 is 0 Å². The molecule has 1 aromatic heterocycles. The van der Waals surface area contributed by atoms with Crippen LogP contribution in [0.5, 0.6) is 5.75 Å². The Bertz CT molecular complexity index is 983. The molecular formula is C20H26N4O4. The van der Waals surface area contributed by atoms with Crippen molar-refractivity contribution in [3.05, 3.63) is 56.4 Å². The maximum atomic E-state index is 12.6. The van der Waals surface area contributed by atoms with Crippen molar-refractivity contribution in [1.29, 1.82) is 0 Å². The number of hydrogen-bond acceptors (Lipinski definition) is 5. The Morgan fingerprint density at radius 3 is 2.18 bits per heavy atom. The van der Waals surface area contributed by atoms with Gasteiger partial charge in [-0.05, 0) is 24.6 Å². The molecule has 0 saturated carbocycles. The van der Waals surface area contributed by atoms with Gasteiger partial charge in [0.2, 0.25) is 5.91 Å². The summed E-state index contributed by atoms with van der Waals surface area (Å²) in [6, 6.07) is 7.48. The molecule has 8 nitrogen and oxygen atoms in total. The Morgan fingerprint density at radius 2 is 1.61 bits per heavy atom. The van der Waals surface area contributed by atoms with Crippen molar-refractivity contribution in [3.8, 4) is 5.75 Å². The van der Waals surface area contributed by atoms with Gasteiger partial charge in [0.25, 0.3) is 5.56 Å². The van der Waals surface area contributed by atoms with E-state index in [-0.39, 0.29) is 17.2 Å². The number of carbonyl (C=O) groups is 1. The second kappa shape index (κ2) is 7.92. The first-order chi connectivity index (χ1) is 13.3. The molecule has 1 aliphatic rings. The highest BCUT2D eigenvalue weighted by atomic mass is 16.5. The summed E-state index contributed by atoms with van der Waals surface area (Å²) in [7, 11) is 4.76. The Labute approximate surface area is 163 Å². The molecule has 1 aliphatic heterocycles. The molecule has 3 rings (SSSR count). The summed E-state index contributed by atoms with van der Waals surface area (Å²) in [5.41, 5.74) is 1.49. The van der Waals surface area contributed by atoms with Gasteiger partial charge in [-0.25, -0.2) is 4.79 Å². The number of amides is 1.